The fourth-order valence-electron chi connectivity index (χ4n) is 3.00. The number of carbonyl (C=O) groups excluding carboxylic acids is 3. The zero-order valence-electron chi connectivity index (χ0n) is 13.9. The molecule has 1 saturated heterocycles. The Balaban J connectivity index is 1.74. The number of rotatable bonds is 5. The van der Waals surface area contributed by atoms with Gasteiger partial charge in [-0.1, -0.05) is 29.3 Å². The summed E-state index contributed by atoms with van der Waals surface area (Å²) in [5, 5.41) is 6.13. The minimum Gasteiger partial charge on any atom is -0.352 e. The summed E-state index contributed by atoms with van der Waals surface area (Å²) in [6.07, 6.45) is 2.19. The number of amides is 4. The molecule has 1 aliphatic heterocycles. The predicted octanol–water partition coefficient (Wildman–Crippen LogP) is 2.68. The number of nitrogens with one attached hydrogen (secondary N) is 2. The Morgan fingerprint density at radius 1 is 1.36 bits per heavy atom. The molecule has 4 amide bonds. The Morgan fingerprint density at radius 2 is 2.04 bits per heavy atom. The summed E-state index contributed by atoms with van der Waals surface area (Å²) in [4.78, 5) is 38.1. The van der Waals surface area contributed by atoms with E-state index in [-0.39, 0.29) is 23.5 Å². The van der Waals surface area contributed by atoms with Crippen molar-refractivity contribution in [1.82, 2.24) is 15.5 Å². The zero-order chi connectivity index (χ0) is 18.4. The van der Waals surface area contributed by atoms with Crippen LogP contribution in [-0.4, -0.2) is 35.3 Å². The lowest BCUT2D eigenvalue weighted by molar-refractivity contribution is -0.135. The molecular formula is C17H19Cl2N3O3. The van der Waals surface area contributed by atoms with Gasteiger partial charge in [0.15, 0.2) is 0 Å². The molecular weight excluding hydrogens is 365 g/mol. The van der Waals surface area contributed by atoms with Gasteiger partial charge in [-0.25, -0.2) is 4.79 Å². The SMILES string of the molecule is CC(NC(=O)CN1C(=O)NC(C)(c2ccc(Cl)c(Cl)c2)C1=O)C1CC1. The monoisotopic (exact) mass is 383 g/mol. The van der Waals surface area contributed by atoms with E-state index in [2.05, 4.69) is 10.6 Å². The first-order valence-electron chi connectivity index (χ1n) is 8.11. The van der Waals surface area contributed by atoms with Crippen LogP contribution in [0.3, 0.4) is 0 Å². The zero-order valence-corrected chi connectivity index (χ0v) is 15.4. The molecule has 3 rings (SSSR count). The molecule has 2 aliphatic rings. The molecule has 0 spiro atoms. The Kier molecular flexibility index (Phi) is 4.68. The molecule has 6 nitrogen and oxygen atoms in total. The van der Waals surface area contributed by atoms with Gasteiger partial charge in [0.1, 0.15) is 12.1 Å². The first-order valence-corrected chi connectivity index (χ1v) is 8.87. The van der Waals surface area contributed by atoms with Crippen molar-refractivity contribution in [2.75, 3.05) is 6.54 Å². The fourth-order valence-corrected chi connectivity index (χ4v) is 3.30. The molecule has 134 valence electrons. The van der Waals surface area contributed by atoms with Crippen molar-refractivity contribution < 1.29 is 14.4 Å². The van der Waals surface area contributed by atoms with E-state index in [4.69, 9.17) is 23.2 Å². The average molecular weight is 384 g/mol. The third-order valence-electron chi connectivity index (χ3n) is 4.79. The van der Waals surface area contributed by atoms with E-state index >= 15 is 0 Å². The van der Waals surface area contributed by atoms with Gasteiger partial charge in [-0.15, -0.1) is 0 Å². The van der Waals surface area contributed by atoms with Gasteiger partial charge in [-0.05, 0) is 50.3 Å². The van der Waals surface area contributed by atoms with Crippen molar-refractivity contribution in [3.8, 4) is 0 Å². The largest absolute Gasteiger partial charge is 0.352 e. The number of hydrogen-bond donors (Lipinski definition) is 2. The van der Waals surface area contributed by atoms with Gasteiger partial charge in [0.2, 0.25) is 5.91 Å². The van der Waals surface area contributed by atoms with Crippen LogP contribution in [0.15, 0.2) is 18.2 Å². The second-order valence-corrected chi connectivity index (χ2v) is 7.58. The minimum absolute atomic E-state index is 0.0507. The fraction of sp³-hybridized carbons (Fsp3) is 0.471. The maximum absolute atomic E-state index is 12.8. The van der Waals surface area contributed by atoms with Gasteiger partial charge in [-0.3, -0.25) is 14.5 Å². The minimum atomic E-state index is -1.28. The number of benzene rings is 1. The molecule has 2 unspecified atom stereocenters. The summed E-state index contributed by atoms with van der Waals surface area (Å²) < 4.78 is 0. The van der Waals surface area contributed by atoms with E-state index in [0.717, 1.165) is 17.7 Å². The van der Waals surface area contributed by atoms with Gasteiger partial charge in [0.05, 0.1) is 10.0 Å². The molecule has 1 heterocycles. The van der Waals surface area contributed by atoms with Gasteiger partial charge < -0.3 is 10.6 Å². The number of nitrogens with zero attached hydrogens (tertiary/aromatic N) is 1. The highest BCUT2D eigenvalue weighted by Gasteiger charge is 2.49. The van der Waals surface area contributed by atoms with Crippen molar-refractivity contribution in [3.63, 3.8) is 0 Å². The van der Waals surface area contributed by atoms with Crippen molar-refractivity contribution in [1.29, 1.82) is 0 Å². The Labute approximate surface area is 155 Å². The Bertz CT molecular complexity index is 751. The lowest BCUT2D eigenvalue weighted by Crippen LogP contribution is -2.45. The lowest BCUT2D eigenvalue weighted by atomic mass is 9.92. The van der Waals surface area contributed by atoms with Crippen LogP contribution in [0.2, 0.25) is 10.0 Å². The van der Waals surface area contributed by atoms with E-state index in [9.17, 15) is 14.4 Å². The molecule has 25 heavy (non-hydrogen) atoms. The quantitative estimate of drug-likeness (QED) is 0.767. The van der Waals surface area contributed by atoms with Crippen LogP contribution in [0, 0.1) is 5.92 Å². The summed E-state index contributed by atoms with van der Waals surface area (Å²) in [5.74, 6) is -0.347. The van der Waals surface area contributed by atoms with Crippen LogP contribution in [0.1, 0.15) is 32.3 Å². The van der Waals surface area contributed by atoms with Crippen molar-refractivity contribution in [3.05, 3.63) is 33.8 Å². The third-order valence-corrected chi connectivity index (χ3v) is 5.53. The van der Waals surface area contributed by atoms with Crippen molar-refractivity contribution in [2.24, 2.45) is 5.92 Å². The number of urea groups is 1. The summed E-state index contributed by atoms with van der Waals surface area (Å²) >= 11 is 11.9. The third kappa shape index (κ3) is 3.46. The van der Waals surface area contributed by atoms with E-state index in [1.54, 1.807) is 25.1 Å². The van der Waals surface area contributed by atoms with Crippen LogP contribution in [0.25, 0.3) is 0 Å². The van der Waals surface area contributed by atoms with Crippen LogP contribution in [0.5, 0.6) is 0 Å². The number of carbonyl (C=O) groups is 3. The van der Waals surface area contributed by atoms with Gasteiger partial charge in [0, 0.05) is 6.04 Å². The molecule has 1 aromatic rings. The van der Waals surface area contributed by atoms with E-state index in [1.165, 1.54) is 0 Å². The second kappa shape index (κ2) is 6.50. The first kappa shape index (κ1) is 18.0. The predicted molar refractivity (Wildman–Crippen MR) is 94.4 cm³/mol. The lowest BCUT2D eigenvalue weighted by Gasteiger charge is -2.23. The van der Waals surface area contributed by atoms with E-state index in [1.807, 2.05) is 6.92 Å². The highest BCUT2D eigenvalue weighted by molar-refractivity contribution is 6.42. The standard InChI is InChI=1S/C17H19Cl2N3O3/c1-9(10-3-4-10)20-14(23)8-22-15(24)17(2,21-16(22)25)11-5-6-12(18)13(19)7-11/h5-7,9-10H,3-4,8H2,1-2H3,(H,20,23)(H,21,25). The molecule has 0 radical (unpaired) electrons. The van der Waals surface area contributed by atoms with Crippen LogP contribution < -0.4 is 10.6 Å². The number of hydrogen-bond acceptors (Lipinski definition) is 3. The van der Waals surface area contributed by atoms with Gasteiger partial charge >= 0.3 is 6.03 Å². The van der Waals surface area contributed by atoms with Gasteiger partial charge in [0.25, 0.3) is 5.91 Å². The molecule has 1 aromatic carbocycles. The van der Waals surface area contributed by atoms with E-state index in [0.29, 0.717) is 16.5 Å². The Hall–Kier alpha value is -1.79. The second-order valence-electron chi connectivity index (χ2n) is 6.77. The number of imide groups is 1. The average Bonchev–Trinajstić information content (AvgIpc) is 3.36. The highest BCUT2D eigenvalue weighted by atomic mass is 35.5. The summed E-state index contributed by atoms with van der Waals surface area (Å²) in [7, 11) is 0. The van der Waals surface area contributed by atoms with Crippen LogP contribution in [0.4, 0.5) is 4.79 Å². The maximum atomic E-state index is 12.8. The Morgan fingerprint density at radius 3 is 2.64 bits per heavy atom. The van der Waals surface area contributed by atoms with Crippen LogP contribution in [-0.2, 0) is 15.1 Å². The highest BCUT2D eigenvalue weighted by Crippen LogP contribution is 2.33. The molecule has 2 N–H and O–H groups in total. The molecule has 1 aliphatic carbocycles. The first-order chi connectivity index (χ1) is 11.7. The molecule has 2 fully saturated rings. The van der Waals surface area contributed by atoms with Gasteiger partial charge in [-0.2, -0.15) is 0 Å². The smallest absolute Gasteiger partial charge is 0.325 e. The topological polar surface area (TPSA) is 78.5 Å². The molecule has 0 bridgehead atoms. The molecule has 1 saturated carbocycles. The normalized spacial score (nSPS) is 24.2. The van der Waals surface area contributed by atoms with E-state index < -0.39 is 17.5 Å². The summed E-state index contributed by atoms with van der Waals surface area (Å²) in [5.41, 5.74) is -0.775. The van der Waals surface area contributed by atoms with Crippen molar-refractivity contribution >= 4 is 41.0 Å². The molecule has 2 atom stereocenters. The molecule has 8 heteroatoms. The van der Waals surface area contributed by atoms with Crippen molar-refractivity contribution in [2.45, 2.75) is 38.3 Å². The van der Waals surface area contributed by atoms with Crippen LogP contribution >= 0.6 is 23.2 Å². The number of halogens is 2. The summed E-state index contributed by atoms with van der Waals surface area (Å²) in [6.45, 7) is 3.21. The summed E-state index contributed by atoms with van der Waals surface area (Å²) in [6, 6.07) is 4.19. The molecule has 0 aromatic heterocycles. The maximum Gasteiger partial charge on any atom is 0.325 e.